The predicted molar refractivity (Wildman–Crippen MR) is 89.1 cm³/mol. The lowest BCUT2D eigenvalue weighted by Crippen LogP contribution is -2.34. The highest BCUT2D eigenvalue weighted by Gasteiger charge is 2.28. The number of benzene rings is 2. The summed E-state index contributed by atoms with van der Waals surface area (Å²) in [4.78, 5) is 12.6. The fourth-order valence-electron chi connectivity index (χ4n) is 2.65. The third kappa shape index (κ3) is 2.90. The van der Waals surface area contributed by atoms with Gasteiger partial charge in [-0.15, -0.1) is 0 Å². The molecule has 0 saturated heterocycles. The van der Waals surface area contributed by atoms with Crippen molar-refractivity contribution in [3.8, 4) is 0 Å². The molecular formula is C16H17FN4OS. The number of halogens is 1. The van der Waals surface area contributed by atoms with Gasteiger partial charge < -0.3 is 5.32 Å². The predicted octanol–water partition coefficient (Wildman–Crippen LogP) is 2.49. The normalized spacial score (nSPS) is 13.3. The Morgan fingerprint density at radius 3 is 2.83 bits per heavy atom. The van der Waals surface area contributed by atoms with E-state index in [9.17, 15) is 9.18 Å². The number of hydrogen-bond donors (Lipinski definition) is 3. The van der Waals surface area contributed by atoms with Gasteiger partial charge in [-0.2, -0.15) is 0 Å². The Hall–Kier alpha value is -2.09. The van der Waals surface area contributed by atoms with Crippen molar-refractivity contribution >= 4 is 23.5 Å². The van der Waals surface area contributed by atoms with Gasteiger partial charge in [-0.25, -0.2) is 9.82 Å². The van der Waals surface area contributed by atoms with E-state index < -0.39 is 0 Å². The van der Waals surface area contributed by atoms with Crippen LogP contribution in [0, 0.1) is 5.82 Å². The summed E-state index contributed by atoms with van der Waals surface area (Å²) in [6.07, 6.45) is 0. The maximum Gasteiger partial charge on any atom is 0.268 e. The van der Waals surface area contributed by atoms with Crippen LogP contribution in [0.3, 0.4) is 0 Å². The molecule has 0 aromatic heterocycles. The van der Waals surface area contributed by atoms with E-state index in [0.29, 0.717) is 29.1 Å². The number of rotatable bonds is 5. The molecule has 23 heavy (non-hydrogen) atoms. The quantitative estimate of drug-likeness (QED) is 0.734. The second kappa shape index (κ2) is 6.57. The van der Waals surface area contributed by atoms with Crippen molar-refractivity contribution < 1.29 is 9.18 Å². The average molecular weight is 332 g/mol. The van der Waals surface area contributed by atoms with E-state index in [-0.39, 0.29) is 11.7 Å². The summed E-state index contributed by atoms with van der Waals surface area (Å²) >= 11 is 0.893. The van der Waals surface area contributed by atoms with Gasteiger partial charge in [0, 0.05) is 36.0 Å². The first-order valence-electron chi connectivity index (χ1n) is 7.15. The lowest BCUT2D eigenvalue weighted by atomic mass is 10.1. The second-order valence-electron chi connectivity index (χ2n) is 5.15. The molecule has 2 aromatic rings. The van der Waals surface area contributed by atoms with E-state index in [1.807, 2.05) is 12.1 Å². The Morgan fingerprint density at radius 1 is 1.30 bits per heavy atom. The molecule has 0 radical (unpaired) electrons. The van der Waals surface area contributed by atoms with Crippen LogP contribution < -0.4 is 15.9 Å². The van der Waals surface area contributed by atoms with Crippen LogP contribution in [0.25, 0.3) is 0 Å². The Kier molecular flexibility index (Phi) is 4.51. The maximum atomic E-state index is 14.2. The molecule has 1 heterocycles. The lowest BCUT2D eigenvalue weighted by molar-refractivity contribution is 0.0707. The Bertz CT molecular complexity index is 753. The molecule has 0 saturated carbocycles. The van der Waals surface area contributed by atoms with Gasteiger partial charge >= 0.3 is 0 Å². The summed E-state index contributed by atoms with van der Waals surface area (Å²) in [6.45, 7) is 0.805. The van der Waals surface area contributed by atoms with Crippen molar-refractivity contribution in [3.63, 3.8) is 0 Å². The third-order valence-corrected chi connectivity index (χ3v) is 4.45. The largest absolute Gasteiger partial charge is 0.381 e. The molecule has 1 aliphatic rings. The van der Waals surface area contributed by atoms with Crippen LogP contribution in [0.1, 0.15) is 21.5 Å². The van der Waals surface area contributed by atoms with Crippen molar-refractivity contribution in [1.82, 2.24) is 10.4 Å². The zero-order chi connectivity index (χ0) is 16.4. The molecule has 0 bridgehead atoms. The summed E-state index contributed by atoms with van der Waals surface area (Å²) in [5.41, 5.74) is 5.81. The molecule has 3 rings (SSSR count). The molecule has 0 fully saturated rings. The van der Waals surface area contributed by atoms with Gasteiger partial charge in [0.25, 0.3) is 5.91 Å². The van der Waals surface area contributed by atoms with E-state index in [1.54, 1.807) is 36.3 Å². The van der Waals surface area contributed by atoms with Gasteiger partial charge in [-0.05, 0) is 30.1 Å². The zero-order valence-corrected chi connectivity index (χ0v) is 13.4. The summed E-state index contributed by atoms with van der Waals surface area (Å²) in [5.74, 6) is -0.369. The monoisotopic (exact) mass is 332 g/mol. The number of hydrogen-bond acceptors (Lipinski definition) is 5. The molecule has 5 nitrogen and oxygen atoms in total. The van der Waals surface area contributed by atoms with Gasteiger partial charge in [-0.1, -0.05) is 18.2 Å². The third-order valence-electron chi connectivity index (χ3n) is 3.88. The number of amides is 1. The first kappa shape index (κ1) is 15.8. The zero-order valence-electron chi connectivity index (χ0n) is 12.6. The molecule has 7 heteroatoms. The van der Waals surface area contributed by atoms with E-state index in [2.05, 4.69) is 10.7 Å². The Morgan fingerprint density at radius 2 is 2.09 bits per heavy atom. The summed E-state index contributed by atoms with van der Waals surface area (Å²) in [5, 5.41) is 10.2. The van der Waals surface area contributed by atoms with Crippen molar-refractivity contribution in [2.24, 2.45) is 5.14 Å². The lowest BCUT2D eigenvalue weighted by Gasteiger charge is -2.14. The van der Waals surface area contributed by atoms with Crippen LogP contribution in [-0.4, -0.2) is 18.0 Å². The van der Waals surface area contributed by atoms with Crippen molar-refractivity contribution in [1.29, 1.82) is 0 Å². The first-order valence-corrected chi connectivity index (χ1v) is 8.02. The number of nitrogens with one attached hydrogen (secondary N) is 2. The fraction of sp³-hybridized carbons (Fsp3) is 0.188. The fourth-order valence-corrected chi connectivity index (χ4v) is 3.05. The molecule has 0 spiro atoms. The molecule has 0 aliphatic carbocycles. The minimum Gasteiger partial charge on any atom is -0.381 e. The first-order chi connectivity index (χ1) is 11.2. The Balaban J connectivity index is 1.82. The van der Waals surface area contributed by atoms with Crippen molar-refractivity contribution in [3.05, 3.63) is 58.9 Å². The van der Waals surface area contributed by atoms with Crippen LogP contribution in [0.15, 0.2) is 41.3 Å². The second-order valence-corrected chi connectivity index (χ2v) is 5.82. The van der Waals surface area contributed by atoms with Crippen LogP contribution in [-0.2, 0) is 13.1 Å². The van der Waals surface area contributed by atoms with Crippen molar-refractivity contribution in [2.45, 2.75) is 18.0 Å². The molecule has 0 unspecified atom stereocenters. The van der Waals surface area contributed by atoms with Crippen LogP contribution in [0.2, 0.25) is 0 Å². The van der Waals surface area contributed by atoms with Crippen LogP contribution in [0.4, 0.5) is 10.1 Å². The number of fused-ring (bicyclic) bond motifs is 1. The van der Waals surface area contributed by atoms with E-state index >= 15 is 0 Å². The molecule has 0 atom stereocenters. The van der Waals surface area contributed by atoms with E-state index in [0.717, 1.165) is 23.2 Å². The minimum atomic E-state index is -0.312. The van der Waals surface area contributed by atoms with Gasteiger partial charge in [0.2, 0.25) is 0 Å². The standard InChI is InChI=1S/C16H17FN4OS/c1-19-21-9-12-11(16(21)22)5-3-6-13(12)20-8-10-4-2-7-14(23-18)15(10)17/h2-7,19-20H,8-9,18H2,1H3. The van der Waals surface area contributed by atoms with Gasteiger partial charge in [0.1, 0.15) is 5.82 Å². The van der Waals surface area contributed by atoms with Crippen LogP contribution in [0.5, 0.6) is 0 Å². The smallest absolute Gasteiger partial charge is 0.268 e. The van der Waals surface area contributed by atoms with Gasteiger partial charge in [0.05, 0.1) is 11.4 Å². The highest BCUT2D eigenvalue weighted by Crippen LogP contribution is 2.29. The highest BCUT2D eigenvalue weighted by molar-refractivity contribution is 7.97. The Labute approximate surface area is 138 Å². The number of nitrogens with two attached hydrogens (primary N) is 1. The SMILES string of the molecule is CNN1Cc2c(NCc3cccc(SN)c3F)cccc2C1=O. The topological polar surface area (TPSA) is 70.4 Å². The average Bonchev–Trinajstić information content (AvgIpc) is 2.91. The van der Waals surface area contributed by atoms with E-state index in [1.165, 1.54) is 0 Å². The maximum absolute atomic E-state index is 14.2. The molecule has 120 valence electrons. The number of carbonyl (C=O) groups is 1. The minimum absolute atomic E-state index is 0.0566. The summed E-state index contributed by atoms with van der Waals surface area (Å²) in [7, 11) is 1.71. The summed E-state index contributed by atoms with van der Waals surface area (Å²) < 4.78 is 14.2. The molecule has 2 aromatic carbocycles. The molecule has 1 amide bonds. The highest BCUT2D eigenvalue weighted by atomic mass is 32.2. The number of hydrazine groups is 1. The molecule has 4 N–H and O–H groups in total. The summed E-state index contributed by atoms with van der Waals surface area (Å²) in [6, 6.07) is 10.7. The molecular weight excluding hydrogens is 315 g/mol. The van der Waals surface area contributed by atoms with Gasteiger partial charge in [-0.3, -0.25) is 14.9 Å². The van der Waals surface area contributed by atoms with E-state index in [4.69, 9.17) is 5.14 Å². The van der Waals surface area contributed by atoms with Gasteiger partial charge in [0.15, 0.2) is 0 Å². The number of anilines is 1. The van der Waals surface area contributed by atoms with Crippen molar-refractivity contribution in [2.75, 3.05) is 12.4 Å². The number of nitrogens with zero attached hydrogens (tertiary/aromatic N) is 1. The van der Waals surface area contributed by atoms with Crippen LogP contribution >= 0.6 is 11.9 Å². The molecule has 1 aliphatic heterocycles. The number of carbonyl (C=O) groups excluding carboxylic acids is 1.